The third-order valence-electron chi connectivity index (χ3n) is 10.9. The summed E-state index contributed by atoms with van der Waals surface area (Å²) in [4.78, 5) is 26.6. The molecule has 2 saturated carbocycles. The zero-order chi connectivity index (χ0) is 30.6. The smallest absolute Gasteiger partial charge is 0.335 e. The highest BCUT2D eigenvalue weighted by atomic mass is 16.5. The second kappa shape index (κ2) is 13.8. The number of carboxylic acids is 1. The molecule has 236 valence electrons. The zero-order valence-corrected chi connectivity index (χ0v) is 26.6. The molecule has 1 aliphatic heterocycles. The Labute approximate surface area is 263 Å². The predicted octanol–water partition coefficient (Wildman–Crippen LogP) is 7.15. The maximum Gasteiger partial charge on any atom is 0.335 e. The van der Waals surface area contributed by atoms with Gasteiger partial charge in [-0.15, -0.1) is 0 Å². The predicted molar refractivity (Wildman–Crippen MR) is 174 cm³/mol. The minimum atomic E-state index is -0.923. The first kappa shape index (κ1) is 31.3. The van der Waals surface area contributed by atoms with E-state index in [-0.39, 0.29) is 10.9 Å². The van der Waals surface area contributed by atoms with Gasteiger partial charge in [0.2, 0.25) is 0 Å². The van der Waals surface area contributed by atoms with Crippen LogP contribution in [0.5, 0.6) is 0 Å². The summed E-state index contributed by atoms with van der Waals surface area (Å²) >= 11 is 0. The maximum atomic E-state index is 11.7. The van der Waals surface area contributed by atoms with Crippen LogP contribution in [-0.2, 0) is 17.8 Å². The molecule has 3 aliphatic rings. The van der Waals surface area contributed by atoms with E-state index >= 15 is 0 Å². The third-order valence-corrected chi connectivity index (χ3v) is 10.9. The molecule has 1 saturated heterocycles. The first-order valence-electron chi connectivity index (χ1n) is 17.2. The molecule has 3 aromatic rings. The fourth-order valence-electron chi connectivity index (χ4n) is 7.93. The van der Waals surface area contributed by atoms with Crippen molar-refractivity contribution in [1.82, 2.24) is 24.4 Å². The summed E-state index contributed by atoms with van der Waals surface area (Å²) < 4.78 is 8.81. The van der Waals surface area contributed by atoms with Crippen LogP contribution in [0.15, 0.2) is 30.7 Å². The van der Waals surface area contributed by atoms with Crippen molar-refractivity contribution in [1.29, 1.82) is 0 Å². The lowest BCUT2D eigenvalue weighted by Crippen LogP contribution is -2.35. The number of aromatic nitrogens is 4. The summed E-state index contributed by atoms with van der Waals surface area (Å²) in [6, 6.07) is 5.21. The van der Waals surface area contributed by atoms with Crippen molar-refractivity contribution >= 4 is 24.8 Å². The highest BCUT2D eigenvalue weighted by Gasteiger charge is 2.55. The average Bonchev–Trinajstić information content (AvgIpc) is 3.29. The molecule has 2 aromatic heterocycles. The highest BCUT2D eigenvalue weighted by molar-refractivity contribution is 6.15. The Morgan fingerprint density at radius 1 is 1.16 bits per heavy atom. The van der Waals surface area contributed by atoms with Crippen LogP contribution in [0, 0.1) is 11.3 Å². The number of rotatable bonds is 14. The van der Waals surface area contributed by atoms with Gasteiger partial charge < -0.3 is 19.4 Å². The number of aromatic amines is 1. The van der Waals surface area contributed by atoms with Crippen molar-refractivity contribution in [2.75, 3.05) is 19.7 Å². The molecule has 8 nitrogen and oxygen atoms in total. The molecule has 6 rings (SSSR count). The van der Waals surface area contributed by atoms with Crippen LogP contribution in [-0.4, -0.2) is 69.1 Å². The molecule has 3 fully saturated rings. The maximum absolute atomic E-state index is 11.7. The number of hydrogen-bond donors (Lipinski definition) is 2. The Bertz CT molecular complexity index is 1380. The minimum absolute atomic E-state index is 0.139. The summed E-state index contributed by atoms with van der Waals surface area (Å²) in [5.74, 6) is 0.787. The number of H-pyrrole nitrogens is 1. The standard InChI is InChI=1S/C35H50BN5O3/c1-2-3-9-29(44-24-35(36)13-7-5-4-6-8-14-35)12-15-34-16-17-40(21-27(34)19-34)23-32-39-30-11-10-26(33(42)43)18-31(30)41(32)22-28-20-37-25-38-28/h10-11,18,20,25,27,29H,2-9,12-17,19,21-24H2,1H3,(H,37,38)(H,42,43). The fraction of sp³-hybridized carbons (Fsp3) is 0.686. The molecule has 1 aromatic carbocycles. The zero-order valence-electron chi connectivity index (χ0n) is 26.6. The lowest BCUT2D eigenvalue weighted by atomic mass is 9.62. The summed E-state index contributed by atoms with van der Waals surface area (Å²) in [7, 11) is 6.88. The van der Waals surface area contributed by atoms with Gasteiger partial charge in [0, 0.05) is 19.3 Å². The van der Waals surface area contributed by atoms with Crippen LogP contribution >= 0.6 is 0 Å². The quantitative estimate of drug-likeness (QED) is 0.191. The van der Waals surface area contributed by atoms with E-state index in [9.17, 15) is 9.90 Å². The minimum Gasteiger partial charge on any atom is -0.478 e. The Morgan fingerprint density at radius 2 is 1.98 bits per heavy atom. The Balaban J connectivity index is 1.06. The number of fused-ring (bicyclic) bond motifs is 2. The summed E-state index contributed by atoms with van der Waals surface area (Å²) in [6.45, 7) is 6.50. The third kappa shape index (κ3) is 7.42. The van der Waals surface area contributed by atoms with E-state index in [0.29, 0.717) is 18.1 Å². The number of aromatic carboxylic acids is 1. The van der Waals surface area contributed by atoms with Crippen LogP contribution in [0.1, 0.15) is 119 Å². The van der Waals surface area contributed by atoms with Gasteiger partial charge in [0.05, 0.1) is 55.7 Å². The number of piperidine rings is 1. The number of nitrogens with zero attached hydrogens (tertiary/aromatic N) is 4. The summed E-state index contributed by atoms with van der Waals surface area (Å²) in [5.41, 5.74) is 3.41. The van der Waals surface area contributed by atoms with E-state index in [2.05, 4.69) is 26.4 Å². The number of benzene rings is 1. The van der Waals surface area contributed by atoms with Gasteiger partial charge in [-0.2, -0.15) is 0 Å². The number of carboxylic acid groups (broad SMARTS) is 1. The number of nitrogens with one attached hydrogen (secondary N) is 1. The van der Waals surface area contributed by atoms with Gasteiger partial charge >= 0.3 is 5.97 Å². The summed E-state index contributed by atoms with van der Waals surface area (Å²) in [6.07, 6.45) is 21.0. The second-order valence-electron chi connectivity index (χ2n) is 14.2. The van der Waals surface area contributed by atoms with Gasteiger partial charge in [-0.05, 0) is 73.5 Å². The Hall–Kier alpha value is -2.65. The largest absolute Gasteiger partial charge is 0.478 e. The molecule has 2 N–H and O–H groups in total. The SMILES string of the molecule is [B]C1(COC(CCCC)CCC23CCN(Cc4nc5ccc(C(=O)O)cc5n4Cc4cnc[nH]4)CC2C3)CCCCCCC1. The molecule has 2 aliphatic carbocycles. The lowest BCUT2D eigenvalue weighted by molar-refractivity contribution is 0.0109. The molecule has 0 amide bonds. The molecule has 0 spiro atoms. The second-order valence-corrected chi connectivity index (χ2v) is 14.2. The Morgan fingerprint density at radius 3 is 2.70 bits per heavy atom. The van der Waals surface area contributed by atoms with Gasteiger partial charge in [-0.25, -0.2) is 14.8 Å². The number of hydrogen-bond acceptors (Lipinski definition) is 5. The van der Waals surface area contributed by atoms with E-state index in [4.69, 9.17) is 17.6 Å². The first-order chi connectivity index (χ1) is 21.4. The first-order valence-corrected chi connectivity index (χ1v) is 17.2. The molecule has 0 bridgehead atoms. The van der Waals surface area contributed by atoms with E-state index in [1.165, 1.54) is 64.2 Å². The van der Waals surface area contributed by atoms with Crippen LogP contribution < -0.4 is 0 Å². The van der Waals surface area contributed by atoms with Crippen molar-refractivity contribution in [3.05, 3.63) is 47.8 Å². The van der Waals surface area contributed by atoms with Crippen molar-refractivity contribution in [3.8, 4) is 0 Å². The van der Waals surface area contributed by atoms with E-state index < -0.39 is 5.97 Å². The normalized spacial score (nSPS) is 24.4. The highest BCUT2D eigenvalue weighted by Crippen LogP contribution is 2.61. The van der Waals surface area contributed by atoms with E-state index in [1.54, 1.807) is 18.5 Å². The number of carbonyl (C=O) groups is 1. The van der Waals surface area contributed by atoms with Gasteiger partial charge in [0.25, 0.3) is 0 Å². The van der Waals surface area contributed by atoms with E-state index in [1.807, 2.05) is 12.3 Å². The average molecular weight is 600 g/mol. The molecule has 3 unspecified atom stereocenters. The summed E-state index contributed by atoms with van der Waals surface area (Å²) in [5, 5.41) is 9.45. The van der Waals surface area contributed by atoms with Gasteiger partial charge in [-0.3, -0.25) is 4.90 Å². The fourth-order valence-corrected chi connectivity index (χ4v) is 7.93. The topological polar surface area (TPSA) is 96.3 Å². The Kier molecular flexibility index (Phi) is 9.81. The number of unbranched alkanes of at least 4 members (excludes halogenated alkanes) is 1. The van der Waals surface area contributed by atoms with Crippen molar-refractivity contribution < 1.29 is 14.6 Å². The van der Waals surface area contributed by atoms with Gasteiger partial charge in [0.15, 0.2) is 0 Å². The van der Waals surface area contributed by atoms with E-state index in [0.717, 1.165) is 80.4 Å². The van der Waals surface area contributed by atoms with Crippen molar-refractivity contribution in [2.45, 2.75) is 121 Å². The molecule has 3 heterocycles. The lowest BCUT2D eigenvalue weighted by Gasteiger charge is -2.35. The molecule has 44 heavy (non-hydrogen) atoms. The monoisotopic (exact) mass is 599 g/mol. The molecular weight excluding hydrogens is 549 g/mol. The van der Waals surface area contributed by atoms with Crippen molar-refractivity contribution in [3.63, 3.8) is 0 Å². The number of ether oxygens (including phenoxy) is 1. The molecule has 9 heteroatoms. The number of likely N-dealkylation sites (tertiary alicyclic amines) is 1. The van der Waals surface area contributed by atoms with Crippen LogP contribution in [0.4, 0.5) is 0 Å². The van der Waals surface area contributed by atoms with Gasteiger partial charge in [-0.1, -0.05) is 64.7 Å². The molecular formula is C35H50BN5O3. The van der Waals surface area contributed by atoms with Crippen LogP contribution in [0.25, 0.3) is 11.0 Å². The van der Waals surface area contributed by atoms with Gasteiger partial charge in [0.1, 0.15) is 5.82 Å². The van der Waals surface area contributed by atoms with Crippen molar-refractivity contribution in [2.24, 2.45) is 11.3 Å². The molecule has 3 atom stereocenters. The number of imidazole rings is 2. The molecule has 2 radical (unpaired) electrons. The van der Waals surface area contributed by atoms with Crippen LogP contribution in [0.3, 0.4) is 0 Å². The van der Waals surface area contributed by atoms with Crippen LogP contribution in [0.2, 0.25) is 5.31 Å².